The Morgan fingerprint density at radius 2 is 2.16 bits per heavy atom. The van der Waals surface area contributed by atoms with Gasteiger partial charge in [-0.25, -0.2) is 4.98 Å². The van der Waals surface area contributed by atoms with Gasteiger partial charge in [-0.1, -0.05) is 11.3 Å². The average Bonchev–Trinajstić information content (AvgIpc) is 2.70. The number of aromatic nitrogens is 1. The SMILES string of the molecule is Cc1nc(N)sc1C(=O)N(C)CC1CCN(C)CC1. The summed E-state index contributed by atoms with van der Waals surface area (Å²) >= 11 is 1.28. The van der Waals surface area contributed by atoms with Crippen molar-refractivity contribution in [1.29, 1.82) is 0 Å². The summed E-state index contributed by atoms with van der Waals surface area (Å²) in [5, 5.41) is 0.466. The standard InChI is InChI=1S/C13H22N4OS/c1-9-11(19-13(14)15-9)12(18)17(3)8-10-4-6-16(2)7-5-10/h10H,4-8H2,1-3H3,(H2,14,15). The van der Waals surface area contributed by atoms with Crippen molar-refractivity contribution in [2.45, 2.75) is 19.8 Å². The Bertz CT molecular complexity index is 451. The predicted octanol–water partition coefficient (Wildman–Crippen LogP) is 1.45. The third kappa shape index (κ3) is 3.45. The Balaban J connectivity index is 1.94. The second kappa shape index (κ2) is 5.88. The number of hydrogen-bond acceptors (Lipinski definition) is 5. The largest absolute Gasteiger partial charge is 0.375 e. The van der Waals surface area contributed by atoms with E-state index in [0.717, 1.165) is 38.2 Å². The van der Waals surface area contributed by atoms with E-state index in [1.54, 1.807) is 0 Å². The van der Waals surface area contributed by atoms with Gasteiger partial charge in [0, 0.05) is 13.6 Å². The van der Waals surface area contributed by atoms with Crippen molar-refractivity contribution in [3.63, 3.8) is 0 Å². The van der Waals surface area contributed by atoms with Gasteiger partial charge in [-0.2, -0.15) is 0 Å². The normalized spacial score (nSPS) is 17.6. The maximum atomic E-state index is 12.3. The molecule has 5 nitrogen and oxygen atoms in total. The second-order valence-corrected chi connectivity index (χ2v) is 6.43. The van der Waals surface area contributed by atoms with E-state index >= 15 is 0 Å². The van der Waals surface area contributed by atoms with Gasteiger partial charge in [0.25, 0.3) is 5.91 Å². The summed E-state index contributed by atoms with van der Waals surface area (Å²) in [6.45, 7) is 4.91. The quantitative estimate of drug-likeness (QED) is 0.911. The van der Waals surface area contributed by atoms with E-state index in [4.69, 9.17) is 5.73 Å². The summed E-state index contributed by atoms with van der Waals surface area (Å²) in [6.07, 6.45) is 2.33. The van der Waals surface area contributed by atoms with Gasteiger partial charge >= 0.3 is 0 Å². The Labute approximate surface area is 118 Å². The van der Waals surface area contributed by atoms with Gasteiger partial charge in [-0.05, 0) is 45.8 Å². The van der Waals surface area contributed by atoms with Crippen LogP contribution in [0.25, 0.3) is 0 Å². The van der Waals surface area contributed by atoms with Gasteiger partial charge in [-0.3, -0.25) is 4.79 Å². The first-order valence-electron chi connectivity index (χ1n) is 6.64. The Morgan fingerprint density at radius 1 is 1.53 bits per heavy atom. The first-order valence-corrected chi connectivity index (χ1v) is 7.46. The number of hydrogen-bond donors (Lipinski definition) is 1. The molecule has 0 bridgehead atoms. The van der Waals surface area contributed by atoms with Crippen molar-refractivity contribution in [3.05, 3.63) is 10.6 Å². The molecule has 1 saturated heterocycles. The molecule has 2 heterocycles. The number of carbonyl (C=O) groups is 1. The molecule has 0 unspecified atom stereocenters. The zero-order chi connectivity index (χ0) is 14.0. The number of nitrogen functional groups attached to an aromatic ring is 1. The van der Waals surface area contributed by atoms with Crippen molar-refractivity contribution in [2.75, 3.05) is 39.5 Å². The molecule has 1 fully saturated rings. The number of aryl methyl sites for hydroxylation is 1. The third-order valence-corrected chi connectivity index (χ3v) is 4.70. The molecule has 0 saturated carbocycles. The third-order valence-electron chi connectivity index (χ3n) is 3.72. The minimum atomic E-state index is 0.0469. The van der Waals surface area contributed by atoms with Crippen molar-refractivity contribution >= 4 is 22.4 Å². The van der Waals surface area contributed by atoms with Gasteiger partial charge in [0.1, 0.15) is 4.88 Å². The average molecular weight is 282 g/mol. The van der Waals surface area contributed by atoms with Crippen LogP contribution in [0.1, 0.15) is 28.2 Å². The molecule has 1 amide bonds. The lowest BCUT2D eigenvalue weighted by Gasteiger charge is -2.31. The van der Waals surface area contributed by atoms with Crippen LogP contribution in [-0.4, -0.2) is 54.4 Å². The minimum absolute atomic E-state index is 0.0469. The molecule has 2 N–H and O–H groups in total. The lowest BCUT2D eigenvalue weighted by atomic mass is 9.96. The van der Waals surface area contributed by atoms with Gasteiger partial charge in [0.05, 0.1) is 5.69 Å². The van der Waals surface area contributed by atoms with Crippen molar-refractivity contribution in [2.24, 2.45) is 5.92 Å². The predicted molar refractivity (Wildman–Crippen MR) is 78.4 cm³/mol. The van der Waals surface area contributed by atoms with E-state index in [2.05, 4.69) is 16.9 Å². The maximum absolute atomic E-state index is 12.3. The summed E-state index contributed by atoms with van der Waals surface area (Å²) in [4.78, 5) is 21.3. The van der Waals surface area contributed by atoms with Crippen LogP contribution in [0.4, 0.5) is 5.13 Å². The van der Waals surface area contributed by atoms with Crippen LogP contribution in [0.15, 0.2) is 0 Å². The molecule has 1 aromatic rings. The Kier molecular flexibility index (Phi) is 4.42. The highest BCUT2D eigenvalue weighted by Crippen LogP contribution is 2.23. The molecule has 0 aromatic carbocycles. The molecule has 106 valence electrons. The summed E-state index contributed by atoms with van der Waals surface area (Å²) in [6, 6.07) is 0. The maximum Gasteiger partial charge on any atom is 0.265 e. The smallest absolute Gasteiger partial charge is 0.265 e. The minimum Gasteiger partial charge on any atom is -0.375 e. The van der Waals surface area contributed by atoms with Crippen LogP contribution in [0.5, 0.6) is 0 Å². The van der Waals surface area contributed by atoms with Crippen LogP contribution in [0.3, 0.4) is 0 Å². The highest BCUT2D eigenvalue weighted by atomic mass is 32.1. The summed E-state index contributed by atoms with van der Waals surface area (Å²) < 4.78 is 0. The van der Waals surface area contributed by atoms with Crippen LogP contribution < -0.4 is 5.73 Å². The zero-order valence-electron chi connectivity index (χ0n) is 11.8. The first-order chi connectivity index (χ1) is 8.97. The number of nitrogens with two attached hydrogens (primary N) is 1. The number of likely N-dealkylation sites (tertiary alicyclic amines) is 1. The molecule has 2 rings (SSSR count). The van der Waals surface area contributed by atoms with E-state index in [0.29, 0.717) is 15.9 Å². The van der Waals surface area contributed by atoms with Crippen molar-refractivity contribution in [1.82, 2.24) is 14.8 Å². The van der Waals surface area contributed by atoms with Crippen LogP contribution in [0, 0.1) is 12.8 Å². The van der Waals surface area contributed by atoms with Crippen LogP contribution in [-0.2, 0) is 0 Å². The fourth-order valence-corrected chi connectivity index (χ4v) is 3.33. The first kappa shape index (κ1) is 14.3. The van der Waals surface area contributed by atoms with E-state index in [9.17, 15) is 4.79 Å². The molecule has 0 atom stereocenters. The Morgan fingerprint density at radius 3 is 2.68 bits per heavy atom. The van der Waals surface area contributed by atoms with E-state index in [1.807, 2.05) is 18.9 Å². The summed E-state index contributed by atoms with van der Waals surface area (Å²) in [5.74, 6) is 0.654. The molecule has 6 heteroatoms. The van der Waals surface area contributed by atoms with E-state index in [1.165, 1.54) is 11.3 Å². The number of carbonyl (C=O) groups excluding carboxylic acids is 1. The number of thiazole rings is 1. The molecule has 0 aliphatic carbocycles. The van der Waals surface area contributed by atoms with Crippen molar-refractivity contribution in [3.8, 4) is 0 Å². The number of nitrogens with zero attached hydrogens (tertiary/aromatic N) is 3. The molecule has 0 radical (unpaired) electrons. The second-order valence-electron chi connectivity index (χ2n) is 5.40. The highest BCUT2D eigenvalue weighted by Gasteiger charge is 2.23. The highest BCUT2D eigenvalue weighted by molar-refractivity contribution is 7.17. The molecular formula is C13H22N4OS. The zero-order valence-corrected chi connectivity index (χ0v) is 12.7. The molecule has 1 aliphatic rings. The number of piperidine rings is 1. The van der Waals surface area contributed by atoms with E-state index < -0.39 is 0 Å². The summed E-state index contributed by atoms with van der Waals surface area (Å²) in [7, 11) is 4.02. The van der Waals surface area contributed by atoms with Crippen LogP contribution >= 0.6 is 11.3 Å². The van der Waals surface area contributed by atoms with Gasteiger partial charge in [-0.15, -0.1) is 0 Å². The molecular weight excluding hydrogens is 260 g/mol. The van der Waals surface area contributed by atoms with Gasteiger partial charge < -0.3 is 15.5 Å². The number of rotatable bonds is 3. The van der Waals surface area contributed by atoms with Gasteiger partial charge in [0.2, 0.25) is 0 Å². The van der Waals surface area contributed by atoms with Crippen molar-refractivity contribution < 1.29 is 4.79 Å². The van der Waals surface area contributed by atoms with E-state index in [-0.39, 0.29) is 5.91 Å². The lowest BCUT2D eigenvalue weighted by Crippen LogP contribution is -2.37. The summed E-state index contributed by atoms with van der Waals surface area (Å²) in [5.41, 5.74) is 6.39. The molecule has 1 aliphatic heterocycles. The van der Waals surface area contributed by atoms with Gasteiger partial charge in [0.15, 0.2) is 5.13 Å². The fraction of sp³-hybridized carbons (Fsp3) is 0.692. The lowest BCUT2D eigenvalue weighted by molar-refractivity contribution is 0.0751. The molecule has 19 heavy (non-hydrogen) atoms. The van der Waals surface area contributed by atoms with Crippen LogP contribution in [0.2, 0.25) is 0 Å². The fourth-order valence-electron chi connectivity index (χ4n) is 2.50. The molecule has 1 aromatic heterocycles. The topological polar surface area (TPSA) is 62.5 Å². The monoisotopic (exact) mass is 282 g/mol. The number of anilines is 1. The number of amides is 1. The Hall–Kier alpha value is -1.14. The molecule has 0 spiro atoms.